The molecule has 1 unspecified atom stereocenters. The second kappa shape index (κ2) is 6.28. The first-order valence-electron chi connectivity index (χ1n) is 6.20. The number of hydrogen-bond donors (Lipinski definition) is 1. The predicted octanol–water partition coefficient (Wildman–Crippen LogP) is 4.08. The van der Waals surface area contributed by atoms with Gasteiger partial charge in [-0.15, -0.1) is 0 Å². The summed E-state index contributed by atoms with van der Waals surface area (Å²) < 4.78 is 8.84. The molecule has 20 heavy (non-hydrogen) atoms. The highest BCUT2D eigenvalue weighted by molar-refractivity contribution is 9.11. The molecule has 0 amide bonds. The van der Waals surface area contributed by atoms with Crippen LogP contribution < -0.4 is 4.74 Å². The van der Waals surface area contributed by atoms with Gasteiger partial charge in [0.05, 0.1) is 13.3 Å². The van der Waals surface area contributed by atoms with Gasteiger partial charge in [0.1, 0.15) is 11.8 Å². The van der Waals surface area contributed by atoms with Gasteiger partial charge in [0, 0.05) is 20.6 Å². The number of aliphatic hydroxyl groups is 1. The first-order valence-corrected chi connectivity index (χ1v) is 7.78. The summed E-state index contributed by atoms with van der Waals surface area (Å²) in [5.74, 6) is 0.582. The van der Waals surface area contributed by atoms with Crippen LogP contribution in [0.3, 0.4) is 0 Å². The second-order valence-electron chi connectivity index (χ2n) is 4.70. The van der Waals surface area contributed by atoms with E-state index in [4.69, 9.17) is 4.74 Å². The minimum atomic E-state index is -0.818. The smallest absolute Gasteiger partial charge is 0.163 e. The first kappa shape index (κ1) is 15.5. The number of ether oxygens (including phenoxy) is 1. The van der Waals surface area contributed by atoms with E-state index in [9.17, 15) is 5.11 Å². The number of aromatic nitrogens is 2. The highest BCUT2D eigenvalue weighted by Crippen LogP contribution is 2.36. The highest BCUT2D eigenvalue weighted by atomic mass is 79.9. The molecule has 1 atom stereocenters. The quantitative estimate of drug-likeness (QED) is 0.836. The van der Waals surface area contributed by atoms with Gasteiger partial charge in [0.2, 0.25) is 0 Å². The molecule has 0 saturated heterocycles. The van der Waals surface area contributed by atoms with Gasteiger partial charge in [-0.3, -0.25) is 4.68 Å². The third-order valence-electron chi connectivity index (χ3n) is 3.02. The average Bonchev–Trinajstić information content (AvgIpc) is 2.84. The molecule has 108 valence electrons. The lowest BCUT2D eigenvalue weighted by Crippen LogP contribution is -2.13. The molecule has 4 nitrogen and oxygen atoms in total. The van der Waals surface area contributed by atoms with Crippen LogP contribution in [0.1, 0.15) is 37.3 Å². The Morgan fingerprint density at radius 3 is 2.60 bits per heavy atom. The molecule has 0 spiro atoms. The van der Waals surface area contributed by atoms with E-state index in [-0.39, 0.29) is 6.04 Å². The summed E-state index contributed by atoms with van der Waals surface area (Å²) >= 11 is 6.90. The highest BCUT2D eigenvalue weighted by Gasteiger charge is 2.24. The van der Waals surface area contributed by atoms with Gasteiger partial charge in [0.25, 0.3) is 0 Å². The number of hydrogen-bond acceptors (Lipinski definition) is 3. The van der Waals surface area contributed by atoms with Crippen molar-refractivity contribution in [3.8, 4) is 5.75 Å². The van der Waals surface area contributed by atoms with E-state index in [0.29, 0.717) is 11.4 Å². The van der Waals surface area contributed by atoms with E-state index < -0.39 is 6.10 Å². The van der Waals surface area contributed by atoms with E-state index in [1.54, 1.807) is 18.0 Å². The van der Waals surface area contributed by atoms with Crippen molar-refractivity contribution in [3.05, 3.63) is 44.6 Å². The normalized spacial score (nSPS) is 12.8. The van der Waals surface area contributed by atoms with E-state index in [2.05, 4.69) is 37.0 Å². The summed E-state index contributed by atoms with van der Waals surface area (Å²) in [6.45, 7) is 4.03. The lowest BCUT2D eigenvalue weighted by atomic mass is 10.1. The number of halogens is 2. The number of rotatable bonds is 4. The zero-order valence-corrected chi connectivity index (χ0v) is 14.6. The number of benzene rings is 1. The second-order valence-corrected chi connectivity index (χ2v) is 6.47. The van der Waals surface area contributed by atoms with Crippen LogP contribution >= 0.6 is 31.9 Å². The lowest BCUT2D eigenvalue weighted by Gasteiger charge is -2.18. The summed E-state index contributed by atoms with van der Waals surface area (Å²) in [5, 5.41) is 15.0. The van der Waals surface area contributed by atoms with Gasteiger partial charge >= 0.3 is 0 Å². The SMILES string of the molecule is COc1cnn(C(C)C)c1C(O)c1cc(Br)ccc1Br. The van der Waals surface area contributed by atoms with E-state index in [1.165, 1.54) is 0 Å². The molecule has 0 saturated carbocycles. The Balaban J connectivity index is 2.55. The van der Waals surface area contributed by atoms with Crippen molar-refractivity contribution in [1.29, 1.82) is 0 Å². The van der Waals surface area contributed by atoms with Crippen LogP contribution in [0.2, 0.25) is 0 Å². The van der Waals surface area contributed by atoms with Crippen LogP contribution in [0.4, 0.5) is 0 Å². The lowest BCUT2D eigenvalue weighted by molar-refractivity contribution is 0.199. The maximum atomic E-state index is 10.7. The van der Waals surface area contributed by atoms with Crippen molar-refractivity contribution >= 4 is 31.9 Å². The van der Waals surface area contributed by atoms with Crippen LogP contribution in [-0.2, 0) is 0 Å². The van der Waals surface area contributed by atoms with E-state index in [0.717, 1.165) is 14.5 Å². The molecule has 1 aromatic carbocycles. The molecule has 0 aliphatic carbocycles. The number of methoxy groups -OCH3 is 1. The number of aliphatic hydroxyl groups excluding tert-OH is 1. The Morgan fingerprint density at radius 1 is 1.30 bits per heavy atom. The zero-order valence-electron chi connectivity index (χ0n) is 11.5. The Labute approximate surface area is 135 Å². The first-order chi connectivity index (χ1) is 9.45. The predicted molar refractivity (Wildman–Crippen MR) is 85.1 cm³/mol. The molecule has 0 aliphatic heterocycles. The van der Waals surface area contributed by atoms with Crippen molar-refractivity contribution < 1.29 is 9.84 Å². The minimum absolute atomic E-state index is 0.134. The molecule has 0 aliphatic rings. The van der Waals surface area contributed by atoms with Crippen LogP contribution in [0.25, 0.3) is 0 Å². The molecular formula is C14H16Br2N2O2. The van der Waals surface area contributed by atoms with E-state index in [1.807, 2.05) is 32.0 Å². The molecule has 0 radical (unpaired) electrons. The van der Waals surface area contributed by atoms with Crippen LogP contribution in [0, 0.1) is 0 Å². The largest absolute Gasteiger partial charge is 0.493 e. The van der Waals surface area contributed by atoms with Crippen molar-refractivity contribution in [2.75, 3.05) is 7.11 Å². The van der Waals surface area contributed by atoms with Crippen molar-refractivity contribution in [1.82, 2.24) is 9.78 Å². The standard InChI is InChI=1S/C14H16Br2N2O2/c1-8(2)18-13(12(20-3)7-17-18)14(19)10-6-9(15)4-5-11(10)16/h4-8,14,19H,1-3H3. The van der Waals surface area contributed by atoms with Gasteiger partial charge < -0.3 is 9.84 Å². The fourth-order valence-corrected chi connectivity index (χ4v) is 2.90. The Bertz CT molecular complexity index is 611. The van der Waals surface area contributed by atoms with Crippen LogP contribution in [-0.4, -0.2) is 22.0 Å². The summed E-state index contributed by atoms with van der Waals surface area (Å²) in [5.41, 5.74) is 1.42. The Kier molecular flexibility index (Phi) is 4.88. The van der Waals surface area contributed by atoms with Gasteiger partial charge in [0.15, 0.2) is 5.75 Å². The maximum Gasteiger partial charge on any atom is 0.163 e. The van der Waals surface area contributed by atoms with Crippen molar-refractivity contribution in [2.45, 2.75) is 26.0 Å². The fourth-order valence-electron chi connectivity index (χ4n) is 2.06. The van der Waals surface area contributed by atoms with Crippen LogP contribution in [0.5, 0.6) is 5.75 Å². The molecular weight excluding hydrogens is 388 g/mol. The van der Waals surface area contributed by atoms with E-state index >= 15 is 0 Å². The fraction of sp³-hybridized carbons (Fsp3) is 0.357. The summed E-state index contributed by atoms with van der Waals surface area (Å²) in [6.07, 6.45) is 0.812. The molecule has 2 rings (SSSR count). The van der Waals surface area contributed by atoms with Gasteiger partial charge in [-0.25, -0.2) is 0 Å². The van der Waals surface area contributed by atoms with Gasteiger partial charge in [-0.1, -0.05) is 31.9 Å². The van der Waals surface area contributed by atoms with Crippen molar-refractivity contribution in [2.24, 2.45) is 0 Å². The third-order valence-corrected chi connectivity index (χ3v) is 4.23. The molecule has 2 aromatic rings. The Morgan fingerprint density at radius 2 is 2.00 bits per heavy atom. The third kappa shape index (κ3) is 2.92. The summed E-state index contributed by atoms with van der Waals surface area (Å²) in [6, 6.07) is 5.82. The molecule has 1 heterocycles. The molecule has 0 fully saturated rings. The van der Waals surface area contributed by atoms with Crippen molar-refractivity contribution in [3.63, 3.8) is 0 Å². The van der Waals surface area contributed by atoms with Gasteiger partial charge in [-0.2, -0.15) is 5.10 Å². The summed E-state index contributed by atoms with van der Waals surface area (Å²) in [7, 11) is 1.58. The molecule has 6 heteroatoms. The molecule has 0 bridgehead atoms. The average molecular weight is 404 g/mol. The maximum absolute atomic E-state index is 10.7. The van der Waals surface area contributed by atoms with Gasteiger partial charge in [-0.05, 0) is 32.0 Å². The topological polar surface area (TPSA) is 47.3 Å². The molecule has 1 aromatic heterocycles. The summed E-state index contributed by atoms with van der Waals surface area (Å²) in [4.78, 5) is 0. The molecule has 1 N–H and O–H groups in total. The Hall–Kier alpha value is -0.850. The van der Waals surface area contributed by atoms with Crippen LogP contribution in [0.15, 0.2) is 33.3 Å². The minimum Gasteiger partial charge on any atom is -0.493 e. The number of nitrogens with zero attached hydrogens (tertiary/aromatic N) is 2. The monoisotopic (exact) mass is 402 g/mol. The zero-order chi connectivity index (χ0) is 14.9.